The lowest BCUT2D eigenvalue weighted by Crippen LogP contribution is -1.95. The minimum Gasteiger partial charge on any atom is -0.249 e. The largest absolute Gasteiger partial charge is 0.249 e. The average Bonchev–Trinajstić information content (AvgIpc) is 2.53. The molecule has 100 valence electrons. The van der Waals surface area contributed by atoms with Gasteiger partial charge in [0.15, 0.2) is 5.65 Å². The van der Waals surface area contributed by atoms with Crippen LogP contribution in [0.1, 0.15) is 0 Å². The molecule has 2 heterocycles. The summed E-state index contributed by atoms with van der Waals surface area (Å²) in [4.78, 5) is 17.0. The monoisotopic (exact) mass is 292 g/mol. The van der Waals surface area contributed by atoms with Crippen molar-refractivity contribution in [3.05, 3.63) is 60.1 Å². The van der Waals surface area contributed by atoms with E-state index in [0.29, 0.717) is 16.9 Å². The predicted molar refractivity (Wildman–Crippen MR) is 83.1 cm³/mol. The van der Waals surface area contributed by atoms with Gasteiger partial charge in [0.2, 0.25) is 5.28 Å². The van der Waals surface area contributed by atoms with Gasteiger partial charge in [-0.3, -0.25) is 0 Å². The van der Waals surface area contributed by atoms with Crippen molar-refractivity contribution in [2.45, 2.75) is 0 Å². The number of hydrogen-bond acceptors (Lipinski definition) is 4. The summed E-state index contributed by atoms with van der Waals surface area (Å²) >= 11 is 6.00. The van der Waals surface area contributed by atoms with Crippen LogP contribution in [-0.2, 0) is 0 Å². The second kappa shape index (κ2) is 4.75. The number of aromatic nitrogens is 4. The van der Waals surface area contributed by atoms with Crippen LogP contribution >= 0.6 is 11.6 Å². The van der Waals surface area contributed by atoms with Crippen LogP contribution in [0.5, 0.6) is 0 Å². The third-order valence-corrected chi connectivity index (χ3v) is 3.50. The molecule has 0 fully saturated rings. The molecule has 0 spiro atoms. The molecular formula is C16H9ClN4. The van der Waals surface area contributed by atoms with Crippen molar-refractivity contribution < 1.29 is 0 Å². The molecule has 0 saturated heterocycles. The maximum Gasteiger partial charge on any atom is 0.225 e. The second-order valence-electron chi connectivity index (χ2n) is 4.63. The first-order valence-electron chi connectivity index (χ1n) is 6.45. The molecule has 0 amide bonds. The quantitative estimate of drug-likeness (QED) is 0.499. The lowest BCUT2D eigenvalue weighted by atomic mass is 10.0. The number of hydrogen-bond donors (Lipinski definition) is 0. The Kier molecular flexibility index (Phi) is 2.75. The van der Waals surface area contributed by atoms with E-state index < -0.39 is 0 Å². The van der Waals surface area contributed by atoms with E-state index in [1.807, 2.05) is 18.2 Å². The summed E-state index contributed by atoms with van der Waals surface area (Å²) in [6.45, 7) is 0. The molecule has 0 aliphatic heterocycles. The minimum atomic E-state index is 0.172. The van der Waals surface area contributed by atoms with Gasteiger partial charge in [0, 0.05) is 18.0 Å². The summed E-state index contributed by atoms with van der Waals surface area (Å²) in [7, 11) is 0. The van der Waals surface area contributed by atoms with Gasteiger partial charge in [0.05, 0.1) is 0 Å². The Morgan fingerprint density at radius 2 is 1.62 bits per heavy atom. The van der Waals surface area contributed by atoms with Crippen LogP contribution in [0.15, 0.2) is 54.9 Å². The van der Waals surface area contributed by atoms with Gasteiger partial charge in [0.1, 0.15) is 11.2 Å². The van der Waals surface area contributed by atoms with Gasteiger partial charge in [-0.15, -0.1) is 0 Å². The highest BCUT2D eigenvalue weighted by atomic mass is 35.5. The molecule has 0 atom stereocenters. The van der Waals surface area contributed by atoms with Crippen LogP contribution in [-0.4, -0.2) is 19.9 Å². The van der Waals surface area contributed by atoms with Crippen LogP contribution in [0.2, 0.25) is 5.28 Å². The van der Waals surface area contributed by atoms with Crippen LogP contribution in [0.3, 0.4) is 0 Å². The highest BCUT2D eigenvalue weighted by Crippen LogP contribution is 2.27. The Morgan fingerprint density at radius 1 is 0.810 bits per heavy atom. The number of fused-ring (bicyclic) bond motifs is 2. The normalized spacial score (nSPS) is 11.1. The maximum absolute atomic E-state index is 6.00. The van der Waals surface area contributed by atoms with Crippen molar-refractivity contribution in [3.8, 4) is 11.3 Å². The first-order valence-corrected chi connectivity index (χ1v) is 6.82. The van der Waals surface area contributed by atoms with E-state index in [1.165, 1.54) is 5.39 Å². The molecule has 2 aromatic heterocycles. The molecule has 0 N–H and O–H groups in total. The van der Waals surface area contributed by atoms with E-state index in [2.05, 4.69) is 44.2 Å². The van der Waals surface area contributed by atoms with Gasteiger partial charge in [0.25, 0.3) is 0 Å². The Balaban J connectivity index is 2.03. The summed E-state index contributed by atoms with van der Waals surface area (Å²) in [5, 5.41) is 2.49. The fourth-order valence-electron chi connectivity index (χ4n) is 2.38. The molecule has 4 rings (SSSR count). The first-order chi connectivity index (χ1) is 10.3. The van der Waals surface area contributed by atoms with Gasteiger partial charge in [-0.05, 0) is 28.4 Å². The molecule has 0 unspecified atom stereocenters. The van der Waals surface area contributed by atoms with E-state index in [-0.39, 0.29) is 5.28 Å². The molecule has 4 aromatic rings. The second-order valence-corrected chi connectivity index (χ2v) is 4.97. The Hall–Kier alpha value is -2.59. The van der Waals surface area contributed by atoms with Crippen molar-refractivity contribution in [1.82, 2.24) is 19.9 Å². The maximum atomic E-state index is 6.00. The molecule has 21 heavy (non-hydrogen) atoms. The molecule has 0 saturated carbocycles. The van der Waals surface area contributed by atoms with E-state index >= 15 is 0 Å². The van der Waals surface area contributed by atoms with Gasteiger partial charge in [-0.1, -0.05) is 36.4 Å². The Bertz CT molecular complexity index is 968. The number of nitrogens with zero attached hydrogens (tertiary/aromatic N) is 4. The summed E-state index contributed by atoms with van der Waals surface area (Å²) in [6, 6.07) is 14.3. The van der Waals surface area contributed by atoms with E-state index in [4.69, 9.17) is 11.6 Å². The number of halogens is 1. The third kappa shape index (κ3) is 2.10. The summed E-state index contributed by atoms with van der Waals surface area (Å²) in [5.41, 5.74) is 2.80. The zero-order chi connectivity index (χ0) is 14.2. The van der Waals surface area contributed by atoms with E-state index in [0.717, 1.165) is 10.9 Å². The topological polar surface area (TPSA) is 51.6 Å². The van der Waals surface area contributed by atoms with Crippen molar-refractivity contribution in [2.24, 2.45) is 0 Å². The first kappa shape index (κ1) is 12.2. The fraction of sp³-hybridized carbons (Fsp3) is 0. The van der Waals surface area contributed by atoms with Crippen molar-refractivity contribution in [1.29, 1.82) is 0 Å². The highest BCUT2D eigenvalue weighted by molar-refractivity contribution is 6.28. The SMILES string of the molecule is Clc1nc(-c2ccc3ccccc3c2)c2nccnc2n1. The highest BCUT2D eigenvalue weighted by Gasteiger charge is 2.11. The predicted octanol–water partition coefficient (Wildman–Crippen LogP) is 3.89. The Morgan fingerprint density at radius 3 is 2.52 bits per heavy atom. The molecule has 0 aliphatic rings. The molecule has 0 aliphatic carbocycles. The van der Waals surface area contributed by atoms with Crippen LogP contribution in [0, 0.1) is 0 Å². The van der Waals surface area contributed by atoms with Gasteiger partial charge >= 0.3 is 0 Å². The lowest BCUT2D eigenvalue weighted by Gasteiger charge is -2.06. The van der Waals surface area contributed by atoms with Crippen molar-refractivity contribution >= 4 is 33.5 Å². The third-order valence-electron chi connectivity index (χ3n) is 3.33. The molecular weight excluding hydrogens is 284 g/mol. The van der Waals surface area contributed by atoms with Crippen LogP contribution in [0.4, 0.5) is 0 Å². The minimum absolute atomic E-state index is 0.172. The van der Waals surface area contributed by atoms with Gasteiger partial charge < -0.3 is 0 Å². The summed E-state index contributed by atoms with van der Waals surface area (Å²) < 4.78 is 0. The van der Waals surface area contributed by atoms with Crippen molar-refractivity contribution in [2.75, 3.05) is 0 Å². The molecule has 0 bridgehead atoms. The fourth-order valence-corrected chi connectivity index (χ4v) is 2.54. The number of benzene rings is 2. The number of rotatable bonds is 1. The van der Waals surface area contributed by atoms with Crippen molar-refractivity contribution in [3.63, 3.8) is 0 Å². The van der Waals surface area contributed by atoms with Gasteiger partial charge in [-0.2, -0.15) is 4.98 Å². The van der Waals surface area contributed by atoms with Crippen LogP contribution < -0.4 is 0 Å². The summed E-state index contributed by atoms with van der Waals surface area (Å²) in [5.74, 6) is 0. The molecule has 4 nitrogen and oxygen atoms in total. The van der Waals surface area contributed by atoms with E-state index in [1.54, 1.807) is 12.4 Å². The zero-order valence-electron chi connectivity index (χ0n) is 10.9. The average molecular weight is 293 g/mol. The zero-order valence-corrected chi connectivity index (χ0v) is 11.6. The lowest BCUT2D eigenvalue weighted by molar-refractivity contribution is 1.15. The smallest absolute Gasteiger partial charge is 0.225 e. The van der Waals surface area contributed by atoms with Crippen LogP contribution in [0.25, 0.3) is 33.2 Å². The standard InChI is InChI=1S/C16H9ClN4/c17-16-20-13(14-15(21-16)19-8-7-18-14)12-6-5-10-3-1-2-4-11(10)9-12/h1-9H. The van der Waals surface area contributed by atoms with E-state index in [9.17, 15) is 0 Å². The molecule has 0 radical (unpaired) electrons. The Labute approximate surface area is 125 Å². The summed E-state index contributed by atoms with van der Waals surface area (Å²) in [6.07, 6.45) is 3.22. The molecule has 2 aromatic carbocycles. The van der Waals surface area contributed by atoms with Gasteiger partial charge in [-0.25, -0.2) is 15.0 Å². The molecule has 5 heteroatoms.